The van der Waals surface area contributed by atoms with E-state index in [1.807, 2.05) is 6.07 Å². The van der Waals surface area contributed by atoms with Crippen LogP contribution in [-0.4, -0.2) is 12.6 Å². The van der Waals surface area contributed by atoms with Crippen LogP contribution in [0.1, 0.15) is 18.4 Å². The summed E-state index contributed by atoms with van der Waals surface area (Å²) in [7, 11) is 0. The van der Waals surface area contributed by atoms with Gasteiger partial charge in [-0.3, -0.25) is 0 Å². The lowest BCUT2D eigenvalue weighted by molar-refractivity contribution is 0.629. The van der Waals surface area contributed by atoms with Crippen LogP contribution < -0.4 is 5.32 Å². The molecule has 1 aromatic heterocycles. The lowest BCUT2D eigenvalue weighted by Crippen LogP contribution is -2.19. The molecule has 0 radical (unpaired) electrons. The molecule has 0 amide bonds. The van der Waals surface area contributed by atoms with E-state index in [2.05, 4.69) is 10.7 Å². The van der Waals surface area contributed by atoms with Gasteiger partial charge in [-0.05, 0) is 60.3 Å². The zero-order chi connectivity index (χ0) is 11.0. The molecule has 1 fully saturated rings. The molecule has 84 valence electrons. The largest absolute Gasteiger partial charge is 0.314 e. The van der Waals surface area contributed by atoms with Gasteiger partial charge in [0.25, 0.3) is 0 Å². The Labute approximate surface area is 98.3 Å². The summed E-state index contributed by atoms with van der Waals surface area (Å²) in [6.07, 6.45) is 3.64. The second-order valence-corrected chi connectivity index (χ2v) is 5.29. The maximum Gasteiger partial charge on any atom is 0.123 e. The van der Waals surface area contributed by atoms with Gasteiger partial charge in [-0.2, -0.15) is 0 Å². The molecule has 0 atom stereocenters. The minimum atomic E-state index is -0.137. The third-order valence-corrected chi connectivity index (χ3v) is 4.03. The molecule has 3 heteroatoms. The molecular formula is C13H14FNS. The third-order valence-electron chi connectivity index (χ3n) is 3.02. The number of hydrogen-bond acceptors (Lipinski definition) is 2. The SMILES string of the molecule is Fc1ccc2scc(CCNC3CC3)c2c1. The van der Waals surface area contributed by atoms with Crippen LogP contribution in [0.25, 0.3) is 10.1 Å². The van der Waals surface area contributed by atoms with Crippen LogP contribution in [0.2, 0.25) is 0 Å². The summed E-state index contributed by atoms with van der Waals surface area (Å²) in [5.74, 6) is -0.137. The molecule has 2 aromatic rings. The molecule has 16 heavy (non-hydrogen) atoms. The number of nitrogens with one attached hydrogen (secondary N) is 1. The Morgan fingerprint density at radius 1 is 1.38 bits per heavy atom. The second-order valence-electron chi connectivity index (χ2n) is 4.38. The maximum absolute atomic E-state index is 13.1. The highest BCUT2D eigenvalue weighted by molar-refractivity contribution is 7.17. The van der Waals surface area contributed by atoms with E-state index in [1.54, 1.807) is 17.4 Å². The van der Waals surface area contributed by atoms with E-state index in [9.17, 15) is 4.39 Å². The zero-order valence-corrected chi connectivity index (χ0v) is 9.82. The molecule has 3 rings (SSSR count). The van der Waals surface area contributed by atoms with Crippen LogP contribution >= 0.6 is 11.3 Å². The Morgan fingerprint density at radius 3 is 3.06 bits per heavy atom. The molecule has 1 aliphatic carbocycles. The van der Waals surface area contributed by atoms with E-state index in [0.29, 0.717) is 0 Å². The van der Waals surface area contributed by atoms with E-state index < -0.39 is 0 Å². The minimum Gasteiger partial charge on any atom is -0.314 e. The molecule has 0 spiro atoms. The van der Waals surface area contributed by atoms with Crippen molar-refractivity contribution in [1.82, 2.24) is 5.32 Å². The predicted molar refractivity (Wildman–Crippen MR) is 66.5 cm³/mol. The molecular weight excluding hydrogens is 221 g/mol. The predicted octanol–water partition coefficient (Wildman–Crippen LogP) is 3.33. The number of halogens is 1. The topological polar surface area (TPSA) is 12.0 Å². The fourth-order valence-electron chi connectivity index (χ4n) is 1.95. The molecule has 0 unspecified atom stereocenters. The number of fused-ring (bicyclic) bond motifs is 1. The van der Waals surface area contributed by atoms with Crippen LogP contribution in [0.4, 0.5) is 4.39 Å². The highest BCUT2D eigenvalue weighted by atomic mass is 32.1. The van der Waals surface area contributed by atoms with E-state index in [1.165, 1.54) is 29.2 Å². The molecule has 0 bridgehead atoms. The Morgan fingerprint density at radius 2 is 2.25 bits per heavy atom. The summed E-state index contributed by atoms with van der Waals surface area (Å²) in [5.41, 5.74) is 1.27. The summed E-state index contributed by atoms with van der Waals surface area (Å²) in [4.78, 5) is 0. The lowest BCUT2D eigenvalue weighted by atomic mass is 10.1. The van der Waals surface area contributed by atoms with E-state index in [-0.39, 0.29) is 5.82 Å². The van der Waals surface area contributed by atoms with Crippen LogP contribution in [0.15, 0.2) is 23.6 Å². The van der Waals surface area contributed by atoms with Crippen molar-refractivity contribution in [2.24, 2.45) is 0 Å². The highest BCUT2D eigenvalue weighted by Gasteiger charge is 2.19. The fourth-order valence-corrected chi connectivity index (χ4v) is 2.92. The Hall–Kier alpha value is -0.930. The minimum absolute atomic E-state index is 0.137. The average Bonchev–Trinajstić information content (AvgIpc) is 3.01. The van der Waals surface area contributed by atoms with E-state index >= 15 is 0 Å². The average molecular weight is 235 g/mol. The van der Waals surface area contributed by atoms with Crippen molar-refractivity contribution in [3.8, 4) is 0 Å². The molecule has 1 aromatic carbocycles. The Kier molecular flexibility index (Phi) is 2.65. The molecule has 1 aliphatic rings. The molecule has 0 saturated heterocycles. The number of benzene rings is 1. The lowest BCUT2D eigenvalue weighted by Gasteiger charge is -2.01. The van der Waals surface area contributed by atoms with Crippen molar-refractivity contribution < 1.29 is 4.39 Å². The van der Waals surface area contributed by atoms with Gasteiger partial charge in [0.05, 0.1) is 0 Å². The fraction of sp³-hybridized carbons (Fsp3) is 0.385. The van der Waals surface area contributed by atoms with E-state index in [4.69, 9.17) is 0 Å². The number of thiophene rings is 1. The zero-order valence-electron chi connectivity index (χ0n) is 9.00. The molecule has 1 saturated carbocycles. The first kappa shape index (κ1) is 10.2. The normalized spacial score (nSPS) is 15.8. The summed E-state index contributed by atoms with van der Waals surface area (Å²) in [5, 5.41) is 6.72. The van der Waals surface area contributed by atoms with Crippen LogP contribution in [0, 0.1) is 5.82 Å². The summed E-state index contributed by atoms with van der Waals surface area (Å²) >= 11 is 1.70. The van der Waals surface area contributed by atoms with Crippen molar-refractivity contribution in [3.63, 3.8) is 0 Å². The smallest absolute Gasteiger partial charge is 0.123 e. The monoisotopic (exact) mass is 235 g/mol. The van der Waals surface area contributed by atoms with E-state index in [0.717, 1.165) is 24.4 Å². The quantitative estimate of drug-likeness (QED) is 0.857. The first-order valence-electron chi connectivity index (χ1n) is 5.72. The van der Waals surface area contributed by atoms with Gasteiger partial charge in [-0.1, -0.05) is 0 Å². The summed E-state index contributed by atoms with van der Waals surface area (Å²) in [6.45, 7) is 1.01. The van der Waals surface area contributed by atoms with Crippen molar-refractivity contribution in [2.75, 3.05) is 6.54 Å². The van der Waals surface area contributed by atoms with Gasteiger partial charge in [0.2, 0.25) is 0 Å². The van der Waals surface area contributed by atoms with Crippen molar-refractivity contribution >= 4 is 21.4 Å². The van der Waals surface area contributed by atoms with Gasteiger partial charge in [0, 0.05) is 10.7 Å². The standard InChI is InChI=1S/C13H14FNS/c14-10-1-4-13-12(7-10)9(8-16-13)5-6-15-11-2-3-11/h1,4,7-8,11,15H,2-3,5-6H2. The van der Waals surface area contributed by atoms with Gasteiger partial charge in [0.15, 0.2) is 0 Å². The molecule has 1 heterocycles. The molecule has 0 aliphatic heterocycles. The van der Waals surface area contributed by atoms with Gasteiger partial charge in [-0.25, -0.2) is 4.39 Å². The van der Waals surface area contributed by atoms with Crippen molar-refractivity contribution in [2.45, 2.75) is 25.3 Å². The first-order chi connectivity index (χ1) is 7.83. The van der Waals surface area contributed by atoms with Gasteiger partial charge < -0.3 is 5.32 Å². The maximum atomic E-state index is 13.1. The van der Waals surface area contributed by atoms with Crippen molar-refractivity contribution in [3.05, 3.63) is 35.0 Å². The summed E-state index contributed by atoms with van der Waals surface area (Å²) in [6, 6.07) is 5.80. The number of rotatable bonds is 4. The second kappa shape index (κ2) is 4.15. The van der Waals surface area contributed by atoms with Gasteiger partial charge >= 0.3 is 0 Å². The first-order valence-corrected chi connectivity index (χ1v) is 6.60. The van der Waals surface area contributed by atoms with Crippen LogP contribution in [0.5, 0.6) is 0 Å². The number of hydrogen-bond donors (Lipinski definition) is 1. The van der Waals surface area contributed by atoms with Crippen molar-refractivity contribution in [1.29, 1.82) is 0 Å². The van der Waals surface area contributed by atoms with Gasteiger partial charge in [0.1, 0.15) is 5.82 Å². The van der Waals surface area contributed by atoms with Crippen LogP contribution in [-0.2, 0) is 6.42 Å². The Balaban J connectivity index is 1.76. The highest BCUT2D eigenvalue weighted by Crippen LogP contribution is 2.27. The third kappa shape index (κ3) is 2.11. The molecule has 1 nitrogen and oxygen atoms in total. The Bertz CT molecular complexity index is 502. The molecule has 1 N–H and O–H groups in total. The van der Waals surface area contributed by atoms with Gasteiger partial charge in [-0.15, -0.1) is 11.3 Å². The summed E-state index contributed by atoms with van der Waals surface area (Å²) < 4.78 is 14.3. The van der Waals surface area contributed by atoms with Crippen LogP contribution in [0.3, 0.4) is 0 Å².